The van der Waals surface area contributed by atoms with Crippen LogP contribution >= 0.6 is 0 Å². The summed E-state index contributed by atoms with van der Waals surface area (Å²) < 4.78 is 1.64. The van der Waals surface area contributed by atoms with Gasteiger partial charge >= 0.3 is 0 Å². The monoisotopic (exact) mass is 247 g/mol. The Bertz CT molecular complexity index is 591. The van der Waals surface area contributed by atoms with Crippen LogP contribution in [0.15, 0.2) is 16.9 Å². The number of nitrogens with zero attached hydrogens (tertiary/aromatic N) is 3. The highest BCUT2D eigenvalue weighted by molar-refractivity contribution is 5.65. The molecule has 0 saturated heterocycles. The van der Waals surface area contributed by atoms with E-state index in [4.69, 9.17) is 5.73 Å². The Hall–Kier alpha value is -2.11. The van der Waals surface area contributed by atoms with Crippen LogP contribution in [0.2, 0.25) is 0 Å². The van der Waals surface area contributed by atoms with E-state index in [2.05, 4.69) is 29.1 Å². The Kier molecular flexibility index (Phi) is 3.18. The average Bonchev–Trinajstić information content (AvgIpc) is 2.58. The first-order valence-electron chi connectivity index (χ1n) is 5.86. The lowest BCUT2D eigenvalue weighted by molar-refractivity contribution is 0.648. The fourth-order valence-electron chi connectivity index (χ4n) is 1.87. The average molecular weight is 247 g/mol. The van der Waals surface area contributed by atoms with Crippen molar-refractivity contribution in [3.05, 3.63) is 28.0 Å². The second-order valence-corrected chi connectivity index (χ2v) is 4.74. The number of nitrogen functional groups attached to an aromatic ring is 1. The first-order valence-corrected chi connectivity index (χ1v) is 5.86. The van der Waals surface area contributed by atoms with Gasteiger partial charge in [-0.3, -0.25) is 9.48 Å². The van der Waals surface area contributed by atoms with Crippen molar-refractivity contribution in [2.24, 2.45) is 13.0 Å². The number of rotatable bonds is 3. The standard InChI is InChI=1S/C12H17N5O/c1-7(2)6-8-11(16-17(3)12(8)13)9-4-5-10(18)15-14-9/h4-5,7H,6,13H2,1-3H3,(H,15,18). The Labute approximate surface area is 105 Å². The van der Waals surface area contributed by atoms with E-state index in [9.17, 15) is 4.79 Å². The molecule has 2 heterocycles. The smallest absolute Gasteiger partial charge is 0.264 e. The quantitative estimate of drug-likeness (QED) is 0.845. The highest BCUT2D eigenvalue weighted by Crippen LogP contribution is 2.26. The van der Waals surface area contributed by atoms with E-state index in [1.165, 1.54) is 6.07 Å². The maximum Gasteiger partial charge on any atom is 0.264 e. The van der Waals surface area contributed by atoms with Gasteiger partial charge in [0.1, 0.15) is 17.2 Å². The minimum atomic E-state index is -0.229. The van der Waals surface area contributed by atoms with E-state index in [0.717, 1.165) is 17.7 Å². The molecule has 0 spiro atoms. The van der Waals surface area contributed by atoms with Gasteiger partial charge in [-0.25, -0.2) is 5.10 Å². The molecule has 18 heavy (non-hydrogen) atoms. The Morgan fingerprint density at radius 3 is 2.72 bits per heavy atom. The molecule has 2 rings (SSSR count). The summed E-state index contributed by atoms with van der Waals surface area (Å²) in [6.07, 6.45) is 0.829. The van der Waals surface area contributed by atoms with Crippen LogP contribution in [0.4, 0.5) is 5.82 Å². The largest absolute Gasteiger partial charge is 0.384 e. The highest BCUT2D eigenvalue weighted by Gasteiger charge is 2.17. The molecule has 3 N–H and O–H groups in total. The molecule has 0 unspecified atom stereocenters. The summed E-state index contributed by atoms with van der Waals surface area (Å²) in [7, 11) is 1.80. The first-order chi connectivity index (χ1) is 8.49. The predicted molar refractivity (Wildman–Crippen MR) is 70.0 cm³/mol. The highest BCUT2D eigenvalue weighted by atomic mass is 16.1. The summed E-state index contributed by atoms with van der Waals surface area (Å²) in [5.74, 6) is 1.12. The second-order valence-electron chi connectivity index (χ2n) is 4.74. The predicted octanol–water partition coefficient (Wildman–Crippen LogP) is 0.951. The Morgan fingerprint density at radius 1 is 1.44 bits per heavy atom. The maximum atomic E-state index is 11.0. The number of aromatic nitrogens is 4. The zero-order chi connectivity index (χ0) is 13.3. The molecular weight excluding hydrogens is 230 g/mol. The normalized spacial score (nSPS) is 11.1. The van der Waals surface area contributed by atoms with Crippen molar-refractivity contribution in [2.45, 2.75) is 20.3 Å². The molecule has 2 aromatic heterocycles. The number of hydrogen-bond acceptors (Lipinski definition) is 4. The summed E-state index contributed by atoms with van der Waals surface area (Å²) in [5, 5.41) is 10.8. The number of nitrogens with two attached hydrogens (primary N) is 1. The van der Waals surface area contributed by atoms with Crippen molar-refractivity contribution >= 4 is 5.82 Å². The maximum absolute atomic E-state index is 11.0. The van der Waals surface area contributed by atoms with Crippen LogP contribution in [0.25, 0.3) is 11.4 Å². The van der Waals surface area contributed by atoms with Crippen molar-refractivity contribution in [2.75, 3.05) is 5.73 Å². The van der Waals surface area contributed by atoms with E-state index in [1.54, 1.807) is 17.8 Å². The molecular formula is C12H17N5O. The zero-order valence-corrected chi connectivity index (χ0v) is 10.8. The molecule has 0 amide bonds. The van der Waals surface area contributed by atoms with E-state index < -0.39 is 0 Å². The van der Waals surface area contributed by atoms with Gasteiger partial charge in [-0.15, -0.1) is 0 Å². The lowest BCUT2D eigenvalue weighted by atomic mass is 10.0. The lowest BCUT2D eigenvalue weighted by Gasteiger charge is -2.05. The summed E-state index contributed by atoms with van der Waals surface area (Å²) in [6, 6.07) is 3.09. The molecule has 0 saturated carbocycles. The van der Waals surface area contributed by atoms with Gasteiger partial charge in [0.05, 0.1) is 0 Å². The number of hydrogen-bond donors (Lipinski definition) is 2. The van der Waals surface area contributed by atoms with Gasteiger partial charge in [-0.1, -0.05) is 13.8 Å². The fraction of sp³-hybridized carbons (Fsp3) is 0.417. The van der Waals surface area contributed by atoms with Gasteiger partial charge < -0.3 is 5.73 Å². The third-order valence-electron chi connectivity index (χ3n) is 2.73. The molecule has 0 atom stereocenters. The van der Waals surface area contributed by atoms with Crippen molar-refractivity contribution < 1.29 is 0 Å². The number of nitrogens with one attached hydrogen (secondary N) is 1. The van der Waals surface area contributed by atoms with Gasteiger partial charge in [0, 0.05) is 18.7 Å². The van der Waals surface area contributed by atoms with E-state index >= 15 is 0 Å². The number of aromatic amines is 1. The van der Waals surface area contributed by atoms with Gasteiger partial charge in [0.25, 0.3) is 5.56 Å². The number of H-pyrrole nitrogens is 1. The Balaban J connectivity index is 2.53. The summed E-state index contributed by atoms with van der Waals surface area (Å²) in [6.45, 7) is 4.24. The number of anilines is 1. The topological polar surface area (TPSA) is 89.6 Å². The van der Waals surface area contributed by atoms with E-state index in [0.29, 0.717) is 17.4 Å². The zero-order valence-electron chi connectivity index (χ0n) is 10.8. The van der Waals surface area contributed by atoms with E-state index in [-0.39, 0.29) is 5.56 Å². The van der Waals surface area contributed by atoms with Crippen LogP contribution in [0, 0.1) is 5.92 Å². The molecule has 0 bridgehead atoms. The van der Waals surface area contributed by atoms with Crippen molar-refractivity contribution in [1.29, 1.82) is 0 Å². The fourth-order valence-corrected chi connectivity index (χ4v) is 1.87. The third kappa shape index (κ3) is 2.27. The minimum absolute atomic E-state index is 0.229. The molecule has 0 aliphatic rings. The molecule has 6 nitrogen and oxygen atoms in total. The van der Waals surface area contributed by atoms with Crippen LogP contribution in [-0.4, -0.2) is 20.0 Å². The number of aryl methyl sites for hydroxylation is 1. The molecule has 0 radical (unpaired) electrons. The van der Waals surface area contributed by atoms with Crippen LogP contribution in [0.5, 0.6) is 0 Å². The first kappa shape index (κ1) is 12.3. The third-order valence-corrected chi connectivity index (χ3v) is 2.73. The minimum Gasteiger partial charge on any atom is -0.384 e. The Morgan fingerprint density at radius 2 is 2.17 bits per heavy atom. The van der Waals surface area contributed by atoms with Crippen LogP contribution in [-0.2, 0) is 13.5 Å². The van der Waals surface area contributed by atoms with Crippen molar-refractivity contribution in [3.63, 3.8) is 0 Å². The van der Waals surface area contributed by atoms with Gasteiger partial charge in [0.15, 0.2) is 0 Å². The summed E-state index contributed by atoms with van der Waals surface area (Å²) in [5.41, 5.74) is 8.14. The lowest BCUT2D eigenvalue weighted by Crippen LogP contribution is -2.06. The van der Waals surface area contributed by atoms with Gasteiger partial charge in [0.2, 0.25) is 0 Å². The molecule has 6 heteroatoms. The van der Waals surface area contributed by atoms with E-state index in [1.807, 2.05) is 0 Å². The van der Waals surface area contributed by atoms with Crippen molar-refractivity contribution in [1.82, 2.24) is 20.0 Å². The molecule has 0 aliphatic heterocycles. The molecule has 0 fully saturated rings. The molecule has 0 aliphatic carbocycles. The SMILES string of the molecule is CC(C)Cc1c(-c2ccc(=O)[nH]n2)nn(C)c1N. The van der Waals surface area contributed by atoms with Crippen molar-refractivity contribution in [3.8, 4) is 11.4 Å². The second kappa shape index (κ2) is 4.64. The van der Waals surface area contributed by atoms with Crippen LogP contribution in [0.1, 0.15) is 19.4 Å². The van der Waals surface area contributed by atoms with Gasteiger partial charge in [-0.05, 0) is 18.4 Å². The van der Waals surface area contributed by atoms with Crippen LogP contribution < -0.4 is 11.3 Å². The molecule has 96 valence electrons. The molecule has 0 aromatic carbocycles. The van der Waals surface area contributed by atoms with Gasteiger partial charge in [-0.2, -0.15) is 10.2 Å². The molecule has 2 aromatic rings. The van der Waals surface area contributed by atoms with Crippen LogP contribution in [0.3, 0.4) is 0 Å². The summed E-state index contributed by atoms with van der Waals surface area (Å²) >= 11 is 0. The summed E-state index contributed by atoms with van der Waals surface area (Å²) in [4.78, 5) is 11.0.